The zero-order chi connectivity index (χ0) is 23.7. The molecule has 1 aromatic heterocycles. The first-order valence-corrected chi connectivity index (χ1v) is 11.1. The first kappa shape index (κ1) is 21.9. The number of phenols is 1. The predicted octanol–water partition coefficient (Wildman–Crippen LogP) is 5.40. The molecule has 7 heteroatoms. The Bertz CT molecular complexity index is 1330. The maximum Gasteiger partial charge on any atom is 0.165 e. The van der Waals surface area contributed by atoms with Crippen molar-refractivity contribution in [3.63, 3.8) is 0 Å². The smallest absolute Gasteiger partial charge is 0.165 e. The molecule has 1 aliphatic rings. The highest BCUT2D eigenvalue weighted by molar-refractivity contribution is 5.86. The summed E-state index contributed by atoms with van der Waals surface area (Å²) in [7, 11) is 0. The van der Waals surface area contributed by atoms with Gasteiger partial charge in [-0.2, -0.15) is 0 Å². The Labute approximate surface area is 197 Å². The minimum atomic E-state index is -0.701. The lowest BCUT2D eigenvalue weighted by atomic mass is 9.95. The zero-order valence-corrected chi connectivity index (χ0v) is 18.6. The number of pyridine rings is 1. The quantitative estimate of drug-likeness (QED) is 0.267. The largest absolute Gasteiger partial charge is 0.504 e. The van der Waals surface area contributed by atoms with Crippen LogP contribution in [0.1, 0.15) is 30.1 Å². The van der Waals surface area contributed by atoms with Crippen molar-refractivity contribution in [1.82, 2.24) is 10.4 Å². The Hall–Kier alpha value is -3.94. The number of rotatable bonds is 6. The van der Waals surface area contributed by atoms with E-state index in [1.165, 1.54) is 6.07 Å². The van der Waals surface area contributed by atoms with Crippen LogP contribution < -0.4 is 16.2 Å². The lowest BCUT2D eigenvalue weighted by Crippen LogP contribution is -2.15. The van der Waals surface area contributed by atoms with Crippen LogP contribution in [-0.4, -0.2) is 21.8 Å². The van der Waals surface area contributed by atoms with Crippen LogP contribution in [0.15, 0.2) is 79.0 Å². The molecule has 5 N–H and O–H groups in total. The van der Waals surface area contributed by atoms with Crippen LogP contribution in [0.5, 0.6) is 5.75 Å². The number of benzene rings is 3. The Balaban J connectivity index is 1.62. The summed E-state index contributed by atoms with van der Waals surface area (Å²) in [5.41, 5.74) is 12.5. The molecule has 2 heterocycles. The number of aliphatic hydroxyl groups is 1. The van der Waals surface area contributed by atoms with Crippen LogP contribution in [0.3, 0.4) is 0 Å². The van der Waals surface area contributed by atoms with Crippen molar-refractivity contribution in [1.29, 1.82) is 0 Å². The van der Waals surface area contributed by atoms with Crippen LogP contribution in [0.25, 0.3) is 22.4 Å². The van der Waals surface area contributed by atoms with Gasteiger partial charge in [-0.15, -0.1) is 0 Å². The molecular weight excluding hydrogens is 431 g/mol. The average molecular weight is 457 g/mol. The van der Waals surface area contributed by atoms with Crippen molar-refractivity contribution in [3.05, 3.63) is 95.9 Å². The molecular formula is C27H25FN4O2. The van der Waals surface area contributed by atoms with Crippen molar-refractivity contribution in [2.45, 2.75) is 19.0 Å². The average Bonchev–Trinajstić information content (AvgIpc) is 3.25. The van der Waals surface area contributed by atoms with Crippen molar-refractivity contribution in [3.8, 4) is 28.1 Å². The monoisotopic (exact) mass is 456 g/mol. The van der Waals surface area contributed by atoms with E-state index in [1.807, 2.05) is 48.5 Å². The minimum Gasteiger partial charge on any atom is -0.504 e. The highest BCUT2D eigenvalue weighted by atomic mass is 19.1. The van der Waals surface area contributed by atoms with Gasteiger partial charge in [0.1, 0.15) is 0 Å². The molecule has 172 valence electrons. The molecule has 3 aromatic carbocycles. The molecule has 0 spiro atoms. The third kappa shape index (κ3) is 4.07. The summed E-state index contributed by atoms with van der Waals surface area (Å²) in [6.45, 7) is 1.96. The van der Waals surface area contributed by atoms with Gasteiger partial charge in [0.15, 0.2) is 11.6 Å². The van der Waals surface area contributed by atoms with Gasteiger partial charge in [0, 0.05) is 11.1 Å². The summed E-state index contributed by atoms with van der Waals surface area (Å²) in [6, 6.07) is 21.8. The van der Waals surface area contributed by atoms with Crippen LogP contribution in [0, 0.1) is 5.82 Å². The lowest BCUT2D eigenvalue weighted by Gasteiger charge is -2.20. The topological polar surface area (TPSA) is 89.4 Å². The first-order chi connectivity index (χ1) is 16.5. The number of hydrazine groups is 1. The molecule has 0 amide bonds. The predicted molar refractivity (Wildman–Crippen MR) is 132 cm³/mol. The van der Waals surface area contributed by atoms with Gasteiger partial charge in [-0.25, -0.2) is 9.82 Å². The summed E-state index contributed by atoms with van der Waals surface area (Å²) < 4.78 is 14.2. The van der Waals surface area contributed by atoms with Crippen molar-refractivity contribution in [2.75, 3.05) is 17.3 Å². The molecule has 0 bridgehead atoms. The second-order valence-corrected chi connectivity index (χ2v) is 8.34. The number of anilines is 2. The van der Waals surface area contributed by atoms with Crippen molar-refractivity contribution < 1.29 is 14.6 Å². The highest BCUT2D eigenvalue weighted by Crippen LogP contribution is 2.40. The number of para-hydroxylation sites is 1. The Morgan fingerprint density at radius 1 is 1.03 bits per heavy atom. The van der Waals surface area contributed by atoms with Crippen molar-refractivity contribution >= 4 is 11.4 Å². The van der Waals surface area contributed by atoms with Gasteiger partial charge in [-0.3, -0.25) is 4.98 Å². The molecule has 0 aliphatic carbocycles. The first-order valence-electron chi connectivity index (χ1n) is 11.1. The second-order valence-electron chi connectivity index (χ2n) is 8.34. The number of nitrogens with zero attached hydrogens (tertiary/aromatic N) is 1. The van der Waals surface area contributed by atoms with Crippen LogP contribution in [0.4, 0.5) is 15.8 Å². The standard InChI is InChI=1S/C27H25FN4O2/c1-16-21-12-18(10-11-24(21)32-31-16)22-13-19(30-25(15-33)17-6-3-2-4-7-17)14-29-26(22)20-8-5-9-23(28)27(20)34/h2-14,16,25,30-34H,15H2,1H3. The number of hydrogen-bond acceptors (Lipinski definition) is 6. The Morgan fingerprint density at radius 2 is 1.85 bits per heavy atom. The summed E-state index contributed by atoms with van der Waals surface area (Å²) in [5, 5.41) is 23.8. The number of phenolic OH excluding ortho intramolecular Hbond substituents is 1. The number of halogens is 1. The Morgan fingerprint density at radius 3 is 2.65 bits per heavy atom. The van der Waals surface area contributed by atoms with Crippen LogP contribution in [0.2, 0.25) is 0 Å². The van der Waals surface area contributed by atoms with E-state index in [-0.39, 0.29) is 18.7 Å². The maximum absolute atomic E-state index is 14.2. The fourth-order valence-corrected chi connectivity index (χ4v) is 4.27. The van der Waals surface area contributed by atoms with Gasteiger partial charge < -0.3 is 21.0 Å². The third-order valence-corrected chi connectivity index (χ3v) is 6.11. The normalized spacial score (nSPS) is 15.4. The second kappa shape index (κ2) is 9.13. The fraction of sp³-hybridized carbons (Fsp3) is 0.148. The maximum atomic E-state index is 14.2. The Kier molecular flexibility index (Phi) is 5.88. The molecule has 4 aromatic rings. The number of nitrogens with one attached hydrogen (secondary N) is 3. The molecule has 0 saturated carbocycles. The van der Waals surface area contributed by atoms with E-state index in [0.717, 1.165) is 27.9 Å². The van der Waals surface area contributed by atoms with Crippen LogP contribution >= 0.6 is 0 Å². The van der Waals surface area contributed by atoms with E-state index in [1.54, 1.807) is 18.3 Å². The molecule has 34 heavy (non-hydrogen) atoms. The highest BCUT2D eigenvalue weighted by Gasteiger charge is 2.21. The SMILES string of the molecule is CC1NNc2ccc(-c3cc(NC(CO)c4ccccc4)cnc3-c3cccc(F)c3O)cc21. The van der Waals surface area contributed by atoms with E-state index in [2.05, 4.69) is 34.1 Å². The molecule has 2 atom stereocenters. The van der Waals surface area contributed by atoms with Gasteiger partial charge in [0.2, 0.25) is 0 Å². The van der Waals surface area contributed by atoms with E-state index in [9.17, 15) is 14.6 Å². The molecule has 0 fully saturated rings. The van der Waals surface area contributed by atoms with Gasteiger partial charge in [-0.05, 0) is 53.9 Å². The lowest BCUT2D eigenvalue weighted by molar-refractivity contribution is 0.276. The van der Waals surface area contributed by atoms with Gasteiger partial charge in [-0.1, -0.05) is 42.5 Å². The molecule has 1 aliphatic heterocycles. The summed E-state index contributed by atoms with van der Waals surface area (Å²) >= 11 is 0. The number of hydrogen-bond donors (Lipinski definition) is 5. The van der Waals surface area contributed by atoms with Gasteiger partial charge in [0.25, 0.3) is 0 Å². The zero-order valence-electron chi connectivity index (χ0n) is 18.6. The number of aliphatic hydroxyl groups excluding tert-OH is 1. The fourth-order valence-electron chi connectivity index (χ4n) is 4.27. The van der Waals surface area contributed by atoms with E-state index < -0.39 is 11.6 Å². The summed E-state index contributed by atoms with van der Waals surface area (Å²) in [5.74, 6) is -1.14. The summed E-state index contributed by atoms with van der Waals surface area (Å²) in [4.78, 5) is 4.62. The van der Waals surface area contributed by atoms with Crippen molar-refractivity contribution in [2.24, 2.45) is 0 Å². The van der Waals surface area contributed by atoms with E-state index in [0.29, 0.717) is 16.9 Å². The minimum absolute atomic E-state index is 0.0977. The van der Waals surface area contributed by atoms with Crippen LogP contribution in [-0.2, 0) is 0 Å². The van der Waals surface area contributed by atoms with E-state index >= 15 is 0 Å². The van der Waals surface area contributed by atoms with Gasteiger partial charge >= 0.3 is 0 Å². The summed E-state index contributed by atoms with van der Waals surface area (Å²) in [6.07, 6.45) is 1.63. The number of aromatic nitrogens is 1. The van der Waals surface area contributed by atoms with Gasteiger partial charge in [0.05, 0.1) is 42.0 Å². The molecule has 0 saturated heterocycles. The molecule has 0 radical (unpaired) electrons. The molecule has 5 rings (SSSR count). The molecule has 6 nitrogen and oxygen atoms in total. The number of fused-ring (bicyclic) bond motifs is 1. The molecule has 2 unspecified atom stereocenters. The van der Waals surface area contributed by atoms with E-state index in [4.69, 9.17) is 0 Å². The third-order valence-electron chi connectivity index (χ3n) is 6.11. The number of aromatic hydroxyl groups is 1.